The highest BCUT2D eigenvalue weighted by atomic mass is 79.9. The summed E-state index contributed by atoms with van der Waals surface area (Å²) in [6.45, 7) is 2.97. The number of aromatic hydroxyl groups is 1. The van der Waals surface area contributed by atoms with Crippen molar-refractivity contribution in [1.82, 2.24) is 10.6 Å². The lowest BCUT2D eigenvalue weighted by molar-refractivity contribution is 0.0977. The summed E-state index contributed by atoms with van der Waals surface area (Å²) in [5, 5.41) is 22.1. The van der Waals surface area contributed by atoms with Crippen LogP contribution >= 0.6 is 63.7 Å². The highest BCUT2D eigenvalue weighted by Gasteiger charge is 2.35. The van der Waals surface area contributed by atoms with E-state index in [1.165, 1.54) is 12.1 Å². The van der Waals surface area contributed by atoms with Crippen molar-refractivity contribution in [2.24, 2.45) is 0 Å². The van der Waals surface area contributed by atoms with Gasteiger partial charge in [0, 0.05) is 56.8 Å². The lowest BCUT2D eigenvalue weighted by Gasteiger charge is -2.23. The molecule has 0 radical (unpaired) electrons. The fourth-order valence-electron chi connectivity index (χ4n) is 7.52. The molecule has 2 atom stereocenters. The first-order valence-corrected chi connectivity index (χ1v) is 22.6. The lowest BCUT2D eigenvalue weighted by Crippen LogP contribution is -2.38. The van der Waals surface area contributed by atoms with Crippen LogP contribution in [0.25, 0.3) is 0 Å². The predicted octanol–water partition coefficient (Wildman–Crippen LogP) is 11.7. The van der Waals surface area contributed by atoms with Gasteiger partial charge in [-0.25, -0.2) is 9.59 Å². The molecule has 2 unspecified atom stereocenters. The van der Waals surface area contributed by atoms with Crippen LogP contribution in [0.1, 0.15) is 101 Å². The van der Waals surface area contributed by atoms with E-state index in [0.717, 1.165) is 0 Å². The smallest absolute Gasteiger partial charge is 0.409 e. The summed E-state index contributed by atoms with van der Waals surface area (Å²) in [6.07, 6.45) is -3.31. The quantitative estimate of drug-likeness (QED) is 0.0647. The van der Waals surface area contributed by atoms with Gasteiger partial charge in [0.2, 0.25) is 0 Å². The number of halogens is 4. The first kappa shape index (κ1) is 44.5. The Balaban J connectivity index is 0.887. The standard InChI is InChI=1S/C47H32Br4N4O9/c1-21(28-16-36(32(50)18-30(28)48)54-34-13-7-12-27-39(34)43(58)24-9-4-3-8-23(24)42(27)57)63-46(61)52-20-53-47(62)64-22(2)29-17-37(33(51)19-31(29)49)55-35-14-15-38(56)41-40(35)44(59)25-10-5-6-11-26(25)45(41)60/h3-19,21-22,54-56H,20H2,1-2H3,(H,52,61)(H,53,62). The van der Waals surface area contributed by atoms with Gasteiger partial charge in [0.1, 0.15) is 18.0 Å². The second kappa shape index (κ2) is 18.2. The molecule has 2 aliphatic rings. The van der Waals surface area contributed by atoms with Gasteiger partial charge < -0.3 is 35.8 Å². The average Bonchev–Trinajstić information content (AvgIpc) is 3.26. The van der Waals surface area contributed by atoms with Crippen LogP contribution in [0.5, 0.6) is 5.75 Å². The molecule has 0 spiro atoms. The second-order valence-corrected chi connectivity index (χ2v) is 18.0. The van der Waals surface area contributed by atoms with Crippen LogP contribution in [0.3, 0.4) is 0 Å². The number of hydrogen-bond acceptors (Lipinski definition) is 11. The molecule has 322 valence electrons. The molecule has 0 saturated heterocycles. The number of alkyl carbamates (subject to hydrolysis) is 2. The van der Waals surface area contributed by atoms with Crippen LogP contribution in [0.15, 0.2) is 121 Å². The van der Waals surface area contributed by atoms with Gasteiger partial charge in [0.15, 0.2) is 23.1 Å². The van der Waals surface area contributed by atoms with Crippen molar-refractivity contribution in [2.75, 3.05) is 17.3 Å². The normalized spacial score (nSPS) is 13.4. The van der Waals surface area contributed by atoms with E-state index < -0.39 is 36.0 Å². The van der Waals surface area contributed by atoms with Crippen LogP contribution < -0.4 is 21.3 Å². The number of carbonyl (C=O) groups excluding carboxylic acids is 6. The summed E-state index contributed by atoms with van der Waals surface area (Å²) >= 11 is 14.1. The minimum Gasteiger partial charge on any atom is -0.507 e. The summed E-state index contributed by atoms with van der Waals surface area (Å²) in [5.74, 6) is -1.73. The molecule has 0 heterocycles. The molecular formula is C47H32Br4N4O9. The van der Waals surface area contributed by atoms with Gasteiger partial charge in [-0.05, 0) is 88.2 Å². The zero-order valence-corrected chi connectivity index (χ0v) is 39.7. The number of phenols is 1. The average molecular weight is 1120 g/mol. The van der Waals surface area contributed by atoms with Crippen LogP contribution in [-0.2, 0) is 9.47 Å². The summed E-state index contributed by atoms with van der Waals surface area (Å²) in [4.78, 5) is 79.7. The molecule has 0 bridgehead atoms. The highest BCUT2D eigenvalue weighted by molar-refractivity contribution is 9.11. The molecule has 64 heavy (non-hydrogen) atoms. The molecule has 0 saturated carbocycles. The number of rotatable bonds is 10. The number of phenolic OH excluding ortho intramolecular Hbond substituents is 1. The summed E-state index contributed by atoms with van der Waals surface area (Å²) in [6, 6.07) is 27.9. The van der Waals surface area contributed by atoms with Crippen molar-refractivity contribution >= 4 is 122 Å². The third kappa shape index (κ3) is 8.47. The van der Waals surface area contributed by atoms with Crippen LogP contribution in [0.4, 0.5) is 32.3 Å². The Kier molecular flexibility index (Phi) is 12.6. The van der Waals surface area contributed by atoms with Gasteiger partial charge in [0.25, 0.3) is 0 Å². The number of anilines is 4. The third-order valence-corrected chi connectivity index (χ3v) is 13.3. The molecule has 8 rings (SSSR count). The minimum absolute atomic E-state index is 0.0295. The van der Waals surface area contributed by atoms with Crippen molar-refractivity contribution in [2.45, 2.75) is 26.1 Å². The molecule has 5 N–H and O–H groups in total. The number of ether oxygens (including phenoxy) is 2. The van der Waals surface area contributed by atoms with E-state index in [0.29, 0.717) is 62.8 Å². The molecule has 0 fully saturated rings. The SMILES string of the molecule is CC(OC(=O)NCNC(=O)OC(C)c1cc(Nc2ccc(O)c3c2C(=O)c2ccccc2C3=O)c(Br)cc1Br)c1cc(Nc2cccc3c2C(=O)c2ccccc2C3=O)c(Br)cc1Br. The Morgan fingerprint density at radius 3 is 1.42 bits per heavy atom. The number of carbonyl (C=O) groups is 6. The number of fused-ring (bicyclic) bond motifs is 4. The highest BCUT2D eigenvalue weighted by Crippen LogP contribution is 2.42. The zero-order valence-electron chi connectivity index (χ0n) is 33.4. The topological polar surface area (TPSA) is 189 Å². The number of nitrogens with one attached hydrogen (secondary N) is 4. The molecule has 0 aliphatic heterocycles. The zero-order chi connectivity index (χ0) is 45.6. The maximum atomic E-state index is 13.6. The molecule has 2 aliphatic carbocycles. The Labute approximate surface area is 398 Å². The van der Waals surface area contributed by atoms with Crippen LogP contribution in [0, 0.1) is 0 Å². The maximum Gasteiger partial charge on any atom is 0.409 e. The van der Waals surface area contributed by atoms with Crippen molar-refractivity contribution < 1.29 is 43.3 Å². The molecule has 0 aromatic heterocycles. The summed E-state index contributed by atoms with van der Waals surface area (Å²) in [5.41, 5.74) is 4.43. The number of ketones is 4. The van der Waals surface area contributed by atoms with E-state index in [1.54, 1.807) is 105 Å². The molecule has 6 aromatic carbocycles. The van der Waals surface area contributed by atoms with Gasteiger partial charge in [0.05, 0.1) is 46.1 Å². The minimum atomic E-state index is -0.848. The fraction of sp³-hybridized carbons (Fsp3) is 0.106. The largest absolute Gasteiger partial charge is 0.507 e. The van der Waals surface area contributed by atoms with Gasteiger partial charge in [-0.15, -0.1) is 0 Å². The van der Waals surface area contributed by atoms with Crippen molar-refractivity contribution in [3.8, 4) is 5.75 Å². The Bertz CT molecular complexity index is 3010. The molecule has 6 aromatic rings. The molecule has 2 amide bonds. The number of benzene rings is 6. The molecule has 17 heteroatoms. The van der Waals surface area contributed by atoms with E-state index in [4.69, 9.17) is 9.47 Å². The van der Waals surface area contributed by atoms with Gasteiger partial charge in [-0.1, -0.05) is 92.5 Å². The van der Waals surface area contributed by atoms with Crippen molar-refractivity contribution in [3.05, 3.63) is 177 Å². The molecular weight excluding hydrogens is 1080 g/mol. The number of hydrogen-bond donors (Lipinski definition) is 5. The second-order valence-electron chi connectivity index (χ2n) is 14.6. The van der Waals surface area contributed by atoms with Gasteiger partial charge >= 0.3 is 12.2 Å². The number of amides is 2. The Morgan fingerprint density at radius 2 is 0.922 bits per heavy atom. The lowest BCUT2D eigenvalue weighted by atomic mass is 9.82. The van der Waals surface area contributed by atoms with E-state index in [1.807, 2.05) is 0 Å². The first-order valence-electron chi connectivity index (χ1n) is 19.4. The maximum absolute atomic E-state index is 13.6. The van der Waals surface area contributed by atoms with E-state index in [9.17, 15) is 33.9 Å². The first-order chi connectivity index (χ1) is 30.6. The van der Waals surface area contributed by atoms with Gasteiger partial charge in [-0.3, -0.25) is 19.2 Å². The predicted molar refractivity (Wildman–Crippen MR) is 252 cm³/mol. The fourth-order valence-corrected chi connectivity index (χ4v) is 10.3. The van der Waals surface area contributed by atoms with Crippen LogP contribution in [0.2, 0.25) is 0 Å². The van der Waals surface area contributed by atoms with E-state index in [2.05, 4.69) is 85.0 Å². The monoisotopic (exact) mass is 1110 g/mol. The van der Waals surface area contributed by atoms with Crippen LogP contribution in [-0.4, -0.2) is 47.1 Å². The third-order valence-electron chi connectivity index (χ3n) is 10.6. The Morgan fingerprint density at radius 1 is 0.500 bits per heavy atom. The van der Waals surface area contributed by atoms with Crippen molar-refractivity contribution in [1.29, 1.82) is 0 Å². The van der Waals surface area contributed by atoms with E-state index in [-0.39, 0.29) is 57.5 Å². The van der Waals surface area contributed by atoms with E-state index >= 15 is 0 Å². The van der Waals surface area contributed by atoms with Crippen molar-refractivity contribution in [3.63, 3.8) is 0 Å². The summed E-state index contributed by atoms with van der Waals surface area (Å²) in [7, 11) is 0. The summed E-state index contributed by atoms with van der Waals surface area (Å²) < 4.78 is 13.7. The molecule has 13 nitrogen and oxygen atoms in total. The van der Waals surface area contributed by atoms with Gasteiger partial charge in [-0.2, -0.15) is 0 Å². The Hall–Kier alpha value is -6.14.